The largest absolute Gasteiger partial charge is 0.497 e. The highest BCUT2D eigenvalue weighted by molar-refractivity contribution is 7.89. The van der Waals surface area contributed by atoms with Gasteiger partial charge in [0, 0.05) is 24.3 Å². The monoisotopic (exact) mass is 390 g/mol. The van der Waals surface area contributed by atoms with Crippen LogP contribution >= 0.6 is 0 Å². The lowest BCUT2D eigenvalue weighted by atomic mass is 10.2. The van der Waals surface area contributed by atoms with Crippen LogP contribution in [0.25, 0.3) is 0 Å². The number of benzene rings is 2. The third-order valence-electron chi connectivity index (χ3n) is 4.37. The van der Waals surface area contributed by atoms with Crippen molar-refractivity contribution in [1.29, 1.82) is 0 Å². The molecule has 1 fully saturated rings. The molecule has 144 valence electrons. The third-order valence-corrected chi connectivity index (χ3v) is 6.41. The van der Waals surface area contributed by atoms with Crippen molar-refractivity contribution in [2.75, 3.05) is 38.7 Å². The van der Waals surface area contributed by atoms with Crippen LogP contribution in [-0.4, -0.2) is 52.0 Å². The smallest absolute Gasteiger partial charge is 0.255 e. The summed E-state index contributed by atoms with van der Waals surface area (Å²) in [4.78, 5) is 12.7. The highest BCUT2D eigenvalue weighted by Crippen LogP contribution is 2.25. The van der Waals surface area contributed by atoms with Gasteiger partial charge in [0.05, 0.1) is 25.2 Å². The molecule has 27 heavy (non-hydrogen) atoms. The van der Waals surface area contributed by atoms with Crippen LogP contribution in [0.2, 0.25) is 0 Å². The van der Waals surface area contributed by atoms with Crippen molar-refractivity contribution in [1.82, 2.24) is 4.31 Å². The molecule has 1 saturated heterocycles. The van der Waals surface area contributed by atoms with Crippen LogP contribution in [0.4, 0.5) is 5.69 Å². The fraction of sp³-hybridized carbons (Fsp3) is 0.316. The van der Waals surface area contributed by atoms with Crippen LogP contribution < -0.4 is 10.1 Å². The molecule has 2 aromatic rings. The average Bonchev–Trinajstić information content (AvgIpc) is 2.70. The first-order valence-electron chi connectivity index (χ1n) is 8.56. The summed E-state index contributed by atoms with van der Waals surface area (Å²) in [5.41, 5.74) is 1.47. The van der Waals surface area contributed by atoms with Crippen molar-refractivity contribution in [2.24, 2.45) is 0 Å². The Morgan fingerprint density at radius 2 is 1.89 bits per heavy atom. The number of carbonyl (C=O) groups is 1. The molecular weight excluding hydrogens is 368 g/mol. The van der Waals surface area contributed by atoms with Crippen LogP contribution in [0, 0.1) is 6.92 Å². The summed E-state index contributed by atoms with van der Waals surface area (Å²) in [5.74, 6) is 0.231. The second-order valence-electron chi connectivity index (χ2n) is 6.18. The van der Waals surface area contributed by atoms with E-state index in [-0.39, 0.29) is 10.8 Å². The molecule has 0 radical (unpaired) electrons. The maximum atomic E-state index is 12.9. The summed E-state index contributed by atoms with van der Waals surface area (Å²) >= 11 is 0. The van der Waals surface area contributed by atoms with E-state index in [1.54, 1.807) is 43.3 Å². The average molecular weight is 390 g/mol. The predicted octanol–water partition coefficient (Wildman–Crippen LogP) is 2.28. The number of nitrogens with zero attached hydrogens (tertiary/aromatic N) is 1. The molecule has 0 unspecified atom stereocenters. The number of hydrogen-bond acceptors (Lipinski definition) is 5. The zero-order chi connectivity index (χ0) is 19.4. The predicted molar refractivity (Wildman–Crippen MR) is 102 cm³/mol. The maximum Gasteiger partial charge on any atom is 0.255 e. The van der Waals surface area contributed by atoms with Crippen molar-refractivity contribution in [3.8, 4) is 5.75 Å². The van der Waals surface area contributed by atoms with Crippen LogP contribution in [-0.2, 0) is 14.8 Å². The van der Waals surface area contributed by atoms with Gasteiger partial charge in [0.15, 0.2) is 0 Å². The standard InChI is InChI=1S/C19H22N2O5S/c1-14-6-7-16(20-19(22)15-4-3-5-17(12-15)25-2)13-18(14)27(23,24)21-8-10-26-11-9-21/h3-7,12-13H,8-11H2,1-2H3,(H,20,22). The van der Waals surface area contributed by atoms with Gasteiger partial charge in [-0.15, -0.1) is 0 Å². The maximum absolute atomic E-state index is 12.9. The molecular formula is C19H22N2O5S. The molecule has 0 saturated carbocycles. The zero-order valence-corrected chi connectivity index (χ0v) is 16.1. The second-order valence-corrected chi connectivity index (χ2v) is 8.09. The van der Waals surface area contributed by atoms with Crippen molar-refractivity contribution in [3.05, 3.63) is 53.6 Å². The number of ether oxygens (including phenoxy) is 2. The van der Waals surface area contributed by atoms with Crippen molar-refractivity contribution < 1.29 is 22.7 Å². The van der Waals surface area contributed by atoms with Gasteiger partial charge in [-0.3, -0.25) is 4.79 Å². The normalized spacial score (nSPS) is 15.3. The first-order chi connectivity index (χ1) is 12.9. The number of carbonyl (C=O) groups excluding carboxylic acids is 1. The van der Waals surface area contributed by atoms with Gasteiger partial charge in [0.1, 0.15) is 5.75 Å². The molecule has 1 N–H and O–H groups in total. The Kier molecular flexibility index (Phi) is 5.79. The number of morpholine rings is 1. The van der Waals surface area contributed by atoms with Crippen molar-refractivity contribution in [2.45, 2.75) is 11.8 Å². The number of nitrogens with one attached hydrogen (secondary N) is 1. The molecule has 1 amide bonds. The Bertz CT molecular complexity index is 937. The Morgan fingerprint density at radius 3 is 2.59 bits per heavy atom. The number of anilines is 1. The summed E-state index contributed by atoms with van der Waals surface area (Å²) in [5, 5.41) is 2.75. The van der Waals surface area contributed by atoms with Crippen molar-refractivity contribution in [3.63, 3.8) is 0 Å². The Labute approximate surface area is 158 Å². The molecule has 0 spiro atoms. The van der Waals surface area contributed by atoms with Gasteiger partial charge in [-0.05, 0) is 42.8 Å². The first kappa shape index (κ1) is 19.3. The molecule has 0 atom stereocenters. The van der Waals surface area contributed by atoms with E-state index < -0.39 is 10.0 Å². The van der Waals surface area contributed by atoms with Crippen LogP contribution in [0.5, 0.6) is 5.75 Å². The minimum absolute atomic E-state index is 0.188. The number of rotatable bonds is 5. The third kappa shape index (κ3) is 4.29. The molecule has 2 aromatic carbocycles. The number of aryl methyl sites for hydroxylation is 1. The number of hydrogen-bond donors (Lipinski definition) is 1. The number of methoxy groups -OCH3 is 1. The fourth-order valence-corrected chi connectivity index (χ4v) is 4.51. The lowest BCUT2D eigenvalue weighted by Gasteiger charge is -2.26. The van der Waals surface area contributed by atoms with Gasteiger partial charge in [-0.1, -0.05) is 12.1 Å². The summed E-state index contributed by atoms with van der Waals surface area (Å²) in [7, 11) is -2.12. The van der Waals surface area contributed by atoms with Crippen LogP contribution in [0.15, 0.2) is 47.4 Å². The topological polar surface area (TPSA) is 84.9 Å². The number of amides is 1. The van der Waals surface area contributed by atoms with E-state index in [0.717, 1.165) is 0 Å². The van der Waals surface area contributed by atoms with Gasteiger partial charge in [0.2, 0.25) is 10.0 Å². The molecule has 1 heterocycles. The Morgan fingerprint density at radius 1 is 1.15 bits per heavy atom. The minimum atomic E-state index is -3.64. The van der Waals surface area contributed by atoms with E-state index in [0.29, 0.717) is 48.9 Å². The van der Waals surface area contributed by atoms with E-state index in [1.165, 1.54) is 17.5 Å². The van der Waals surface area contributed by atoms with Gasteiger partial charge in [-0.25, -0.2) is 8.42 Å². The molecule has 0 aromatic heterocycles. The minimum Gasteiger partial charge on any atom is -0.497 e. The summed E-state index contributed by atoms with van der Waals surface area (Å²) in [6.45, 7) is 3.14. The lowest BCUT2D eigenvalue weighted by Crippen LogP contribution is -2.40. The van der Waals surface area contributed by atoms with Gasteiger partial charge < -0.3 is 14.8 Å². The Balaban J connectivity index is 1.85. The molecule has 0 bridgehead atoms. The molecule has 8 heteroatoms. The van der Waals surface area contributed by atoms with Gasteiger partial charge in [-0.2, -0.15) is 4.31 Å². The summed E-state index contributed by atoms with van der Waals surface area (Å²) in [6.07, 6.45) is 0. The molecule has 0 aliphatic carbocycles. The summed E-state index contributed by atoms with van der Waals surface area (Å²) < 4.78 is 37.6. The Hall–Kier alpha value is -2.42. The van der Waals surface area contributed by atoms with E-state index in [2.05, 4.69) is 5.32 Å². The summed E-state index contributed by atoms with van der Waals surface area (Å²) in [6, 6.07) is 11.6. The highest BCUT2D eigenvalue weighted by atomic mass is 32.2. The zero-order valence-electron chi connectivity index (χ0n) is 15.3. The van der Waals surface area contributed by atoms with Crippen LogP contribution in [0.1, 0.15) is 15.9 Å². The lowest BCUT2D eigenvalue weighted by molar-refractivity contribution is 0.0730. The molecule has 7 nitrogen and oxygen atoms in total. The number of sulfonamides is 1. The first-order valence-corrected chi connectivity index (χ1v) is 10.00. The van der Waals surface area contributed by atoms with Gasteiger partial charge in [0.25, 0.3) is 5.91 Å². The fourth-order valence-electron chi connectivity index (χ4n) is 2.85. The van der Waals surface area contributed by atoms with Crippen molar-refractivity contribution >= 4 is 21.6 Å². The van der Waals surface area contributed by atoms with Crippen LogP contribution in [0.3, 0.4) is 0 Å². The van der Waals surface area contributed by atoms with E-state index in [1.807, 2.05) is 0 Å². The second kappa shape index (κ2) is 8.08. The molecule has 1 aliphatic heterocycles. The van der Waals surface area contributed by atoms with E-state index in [4.69, 9.17) is 9.47 Å². The molecule has 1 aliphatic rings. The molecule has 3 rings (SSSR count). The van der Waals surface area contributed by atoms with Gasteiger partial charge >= 0.3 is 0 Å². The van der Waals surface area contributed by atoms with E-state index >= 15 is 0 Å². The highest BCUT2D eigenvalue weighted by Gasteiger charge is 2.28. The van der Waals surface area contributed by atoms with E-state index in [9.17, 15) is 13.2 Å². The quantitative estimate of drug-likeness (QED) is 0.847. The SMILES string of the molecule is COc1cccc(C(=O)Nc2ccc(C)c(S(=O)(=O)N3CCOCC3)c2)c1.